The molecule has 0 fully saturated rings. The maximum atomic E-state index is 12.2. The molecule has 0 amide bonds. The maximum Gasteiger partial charge on any atom is 0.187 e. The van der Waals surface area contributed by atoms with E-state index in [9.17, 15) is 4.79 Å². The summed E-state index contributed by atoms with van der Waals surface area (Å²) in [5, 5.41) is 0.575. The summed E-state index contributed by atoms with van der Waals surface area (Å²) in [7, 11) is 0. The second kappa shape index (κ2) is 6.80. The van der Waals surface area contributed by atoms with Crippen LogP contribution in [0.25, 0.3) is 0 Å². The van der Waals surface area contributed by atoms with Crippen molar-refractivity contribution in [3.05, 3.63) is 76.8 Å². The number of benzene rings is 2. The molecule has 0 spiro atoms. The highest BCUT2D eigenvalue weighted by molar-refractivity contribution is 6.32. The van der Waals surface area contributed by atoms with E-state index >= 15 is 0 Å². The predicted octanol–water partition coefficient (Wildman–Crippen LogP) is 4.44. The summed E-state index contributed by atoms with van der Waals surface area (Å²) in [4.78, 5) is 14.4. The third-order valence-electron chi connectivity index (χ3n) is 3.89. The zero-order valence-corrected chi connectivity index (χ0v) is 13.1. The molecule has 1 heterocycles. The van der Waals surface area contributed by atoms with Crippen LogP contribution in [0.15, 0.2) is 65.7 Å². The zero-order valence-electron chi connectivity index (χ0n) is 12.3. The lowest BCUT2D eigenvalue weighted by Gasteiger charge is -2.31. The van der Waals surface area contributed by atoms with Crippen molar-refractivity contribution < 1.29 is 4.79 Å². The first-order valence-corrected chi connectivity index (χ1v) is 7.90. The van der Waals surface area contributed by atoms with Crippen LogP contribution >= 0.6 is 11.6 Å². The Balaban J connectivity index is 1.74. The summed E-state index contributed by atoms with van der Waals surface area (Å²) in [6.07, 6.45) is 3.76. The number of nitrogens with zero attached hydrogens (tertiary/aromatic N) is 1. The number of ketones is 1. The molecular weight excluding hydrogens is 294 g/mol. The standard InChI is InChI=1S/C19H18ClNO/c20-17(13-19(22)16-8-2-1-3-9-16)14-21-12-6-10-15-7-4-5-11-18(15)21/h1-5,7-9,11,13H,6,10,12,14H2/b17-13-. The van der Waals surface area contributed by atoms with Crippen molar-refractivity contribution >= 4 is 23.1 Å². The quantitative estimate of drug-likeness (QED) is 0.614. The Hall–Kier alpha value is -2.06. The smallest absolute Gasteiger partial charge is 0.187 e. The van der Waals surface area contributed by atoms with Crippen molar-refractivity contribution in [2.45, 2.75) is 12.8 Å². The Morgan fingerprint density at radius 2 is 1.82 bits per heavy atom. The first-order valence-electron chi connectivity index (χ1n) is 7.52. The van der Waals surface area contributed by atoms with Gasteiger partial charge in [-0.15, -0.1) is 0 Å². The van der Waals surface area contributed by atoms with Crippen LogP contribution in [-0.2, 0) is 6.42 Å². The fourth-order valence-corrected chi connectivity index (χ4v) is 3.08. The monoisotopic (exact) mass is 311 g/mol. The number of anilines is 1. The van der Waals surface area contributed by atoms with Crippen molar-refractivity contribution in [1.82, 2.24) is 0 Å². The predicted molar refractivity (Wildman–Crippen MR) is 91.7 cm³/mol. The highest BCUT2D eigenvalue weighted by Crippen LogP contribution is 2.27. The first kappa shape index (κ1) is 14.9. The van der Waals surface area contributed by atoms with Gasteiger partial charge in [0.25, 0.3) is 0 Å². The average molecular weight is 312 g/mol. The summed E-state index contributed by atoms with van der Waals surface area (Å²) in [5.74, 6) is -0.0455. The normalized spacial score (nSPS) is 14.6. The van der Waals surface area contributed by atoms with Gasteiger partial charge in [-0.25, -0.2) is 0 Å². The maximum absolute atomic E-state index is 12.2. The van der Waals surface area contributed by atoms with Crippen molar-refractivity contribution in [2.75, 3.05) is 18.0 Å². The third-order valence-corrected chi connectivity index (χ3v) is 4.12. The van der Waals surface area contributed by atoms with E-state index in [1.54, 1.807) is 12.1 Å². The molecule has 1 aliphatic heterocycles. The van der Waals surface area contributed by atoms with Crippen LogP contribution < -0.4 is 4.90 Å². The van der Waals surface area contributed by atoms with Crippen molar-refractivity contribution in [2.24, 2.45) is 0 Å². The van der Waals surface area contributed by atoms with Gasteiger partial charge in [0.05, 0.1) is 6.54 Å². The van der Waals surface area contributed by atoms with Gasteiger partial charge in [-0.1, -0.05) is 60.1 Å². The van der Waals surface area contributed by atoms with E-state index in [2.05, 4.69) is 23.1 Å². The molecule has 112 valence electrons. The Bertz CT molecular complexity index is 694. The highest BCUT2D eigenvalue weighted by atomic mass is 35.5. The molecule has 2 aromatic carbocycles. The second-order valence-electron chi connectivity index (χ2n) is 5.48. The summed E-state index contributed by atoms with van der Waals surface area (Å²) >= 11 is 6.32. The molecule has 0 bridgehead atoms. The van der Waals surface area contributed by atoms with Crippen LogP contribution in [-0.4, -0.2) is 18.9 Å². The van der Waals surface area contributed by atoms with Crippen LogP contribution in [0, 0.1) is 0 Å². The number of allylic oxidation sites excluding steroid dienone is 1. The van der Waals surface area contributed by atoms with E-state index in [1.807, 2.05) is 24.3 Å². The van der Waals surface area contributed by atoms with E-state index in [0.29, 0.717) is 17.1 Å². The fraction of sp³-hybridized carbons (Fsp3) is 0.211. The summed E-state index contributed by atoms with van der Waals surface area (Å²) in [6, 6.07) is 17.6. The topological polar surface area (TPSA) is 20.3 Å². The van der Waals surface area contributed by atoms with Gasteiger partial charge in [0.1, 0.15) is 0 Å². The molecule has 0 aliphatic carbocycles. The largest absolute Gasteiger partial charge is 0.366 e. The van der Waals surface area contributed by atoms with Crippen molar-refractivity contribution in [3.63, 3.8) is 0 Å². The summed E-state index contributed by atoms with van der Waals surface area (Å²) in [5.41, 5.74) is 3.25. The van der Waals surface area contributed by atoms with Gasteiger partial charge < -0.3 is 4.90 Å². The van der Waals surface area contributed by atoms with Gasteiger partial charge in [-0.2, -0.15) is 0 Å². The number of rotatable bonds is 4. The van der Waals surface area contributed by atoms with Crippen LogP contribution in [0.2, 0.25) is 0 Å². The van der Waals surface area contributed by atoms with E-state index in [1.165, 1.54) is 17.3 Å². The number of carbonyl (C=O) groups excluding carboxylic acids is 1. The molecule has 1 aliphatic rings. The average Bonchev–Trinajstić information content (AvgIpc) is 2.56. The Kier molecular flexibility index (Phi) is 4.59. The Morgan fingerprint density at radius 1 is 1.09 bits per heavy atom. The minimum absolute atomic E-state index is 0.0455. The Morgan fingerprint density at radius 3 is 2.64 bits per heavy atom. The Labute approximate surface area is 136 Å². The molecule has 3 heteroatoms. The number of hydrogen-bond acceptors (Lipinski definition) is 2. The third kappa shape index (κ3) is 3.40. The van der Waals surface area contributed by atoms with E-state index in [-0.39, 0.29) is 5.78 Å². The number of halogens is 1. The van der Waals surface area contributed by atoms with Crippen LogP contribution in [0.4, 0.5) is 5.69 Å². The van der Waals surface area contributed by atoms with Crippen molar-refractivity contribution in [1.29, 1.82) is 0 Å². The second-order valence-corrected chi connectivity index (χ2v) is 5.96. The molecule has 2 aromatic rings. The number of aryl methyl sites for hydroxylation is 1. The highest BCUT2D eigenvalue weighted by Gasteiger charge is 2.17. The van der Waals surface area contributed by atoms with Crippen LogP contribution in [0.1, 0.15) is 22.3 Å². The van der Waals surface area contributed by atoms with Gasteiger partial charge >= 0.3 is 0 Å². The molecule has 0 radical (unpaired) electrons. The molecular formula is C19H18ClNO. The van der Waals surface area contributed by atoms with Gasteiger partial charge in [-0.05, 0) is 24.5 Å². The molecule has 0 atom stereocenters. The molecule has 0 unspecified atom stereocenters. The molecule has 2 nitrogen and oxygen atoms in total. The minimum Gasteiger partial charge on any atom is -0.366 e. The van der Waals surface area contributed by atoms with E-state index in [0.717, 1.165) is 19.4 Å². The van der Waals surface area contributed by atoms with E-state index < -0.39 is 0 Å². The molecule has 0 saturated heterocycles. The summed E-state index contributed by atoms with van der Waals surface area (Å²) in [6.45, 7) is 1.55. The molecule has 0 N–H and O–H groups in total. The zero-order chi connectivity index (χ0) is 15.4. The SMILES string of the molecule is O=C(/C=C(\Cl)CN1CCCc2ccccc21)c1ccccc1. The fourth-order valence-electron chi connectivity index (χ4n) is 2.83. The van der Waals surface area contributed by atoms with Gasteiger partial charge in [0.2, 0.25) is 0 Å². The number of carbonyl (C=O) groups is 1. The number of hydrogen-bond donors (Lipinski definition) is 0. The molecule has 0 saturated carbocycles. The lowest BCUT2D eigenvalue weighted by molar-refractivity contribution is 0.104. The first-order chi connectivity index (χ1) is 10.7. The van der Waals surface area contributed by atoms with E-state index in [4.69, 9.17) is 11.6 Å². The molecule has 22 heavy (non-hydrogen) atoms. The van der Waals surface area contributed by atoms with Crippen LogP contribution in [0.5, 0.6) is 0 Å². The van der Waals surface area contributed by atoms with Gasteiger partial charge in [0, 0.05) is 28.9 Å². The molecule has 0 aromatic heterocycles. The number of fused-ring (bicyclic) bond motifs is 1. The van der Waals surface area contributed by atoms with Gasteiger partial charge in [-0.3, -0.25) is 4.79 Å². The van der Waals surface area contributed by atoms with Gasteiger partial charge in [0.15, 0.2) is 5.78 Å². The lowest BCUT2D eigenvalue weighted by Crippen LogP contribution is -2.30. The minimum atomic E-state index is -0.0455. The number of para-hydroxylation sites is 1. The lowest BCUT2D eigenvalue weighted by atomic mass is 10.0. The molecule has 3 rings (SSSR count). The van der Waals surface area contributed by atoms with Crippen LogP contribution in [0.3, 0.4) is 0 Å². The van der Waals surface area contributed by atoms with Crippen molar-refractivity contribution in [3.8, 4) is 0 Å². The summed E-state index contributed by atoms with van der Waals surface area (Å²) < 4.78 is 0.